The zero-order valence-corrected chi connectivity index (χ0v) is 32.9. The number of amides is 3. The van der Waals surface area contributed by atoms with Gasteiger partial charge in [-0.3, -0.25) is 28.8 Å². The number of Topliss-reactive ketones (excluding diaryl/α,β-unsaturated/α-hetero) is 2. The van der Waals surface area contributed by atoms with E-state index in [-0.39, 0.29) is 115 Å². The third-order valence-electron chi connectivity index (χ3n) is 7.98. The van der Waals surface area contributed by atoms with Crippen molar-refractivity contribution in [1.29, 1.82) is 0 Å². The van der Waals surface area contributed by atoms with E-state index in [1.807, 2.05) is 0 Å². The summed E-state index contributed by atoms with van der Waals surface area (Å²) in [6, 6.07) is 0. The quantitative estimate of drug-likeness (QED) is 0.0659. The summed E-state index contributed by atoms with van der Waals surface area (Å²) < 4.78 is 31.6. The van der Waals surface area contributed by atoms with E-state index >= 15 is 0 Å². The normalized spacial score (nSPS) is 11.6. The number of rotatable bonds is 41. The van der Waals surface area contributed by atoms with Crippen molar-refractivity contribution in [3.63, 3.8) is 0 Å². The van der Waals surface area contributed by atoms with Gasteiger partial charge in [-0.05, 0) is 32.6 Å². The lowest BCUT2D eigenvalue weighted by Gasteiger charge is -2.12. The molecule has 4 N–H and O–H groups in total. The number of unbranched alkanes of at least 4 members (excludes halogenated alkanes) is 7. The first-order chi connectivity index (χ1) is 26.1. The Hall–Kier alpha value is -3.02. The largest absolute Gasteiger partial charge is 0.481 e. The van der Waals surface area contributed by atoms with Crippen LogP contribution in [0.1, 0.15) is 104 Å². The van der Waals surface area contributed by atoms with Crippen molar-refractivity contribution < 1.29 is 62.3 Å². The monoisotopic (exact) mass is 775 g/mol. The molecule has 0 aromatic rings. The van der Waals surface area contributed by atoms with Gasteiger partial charge < -0.3 is 49.5 Å². The highest BCUT2D eigenvalue weighted by Gasteiger charge is 2.19. The van der Waals surface area contributed by atoms with Gasteiger partial charge in [0.05, 0.1) is 65.4 Å². The van der Waals surface area contributed by atoms with Crippen LogP contribution in [-0.4, -0.2) is 139 Å². The smallest absolute Gasteiger partial charge is 0.306 e. The van der Waals surface area contributed by atoms with E-state index in [4.69, 9.17) is 28.4 Å². The molecule has 314 valence electrons. The number of carboxylic acid groups (broad SMARTS) is 1. The van der Waals surface area contributed by atoms with Gasteiger partial charge in [0.2, 0.25) is 17.7 Å². The van der Waals surface area contributed by atoms with Gasteiger partial charge in [-0.2, -0.15) is 0 Å². The molecule has 3 amide bonds. The summed E-state index contributed by atoms with van der Waals surface area (Å²) in [6.45, 7) is 6.68. The Bertz CT molecular complexity index is 1000. The van der Waals surface area contributed by atoms with Crippen LogP contribution >= 0.6 is 0 Å². The number of ether oxygens (including phenoxy) is 6. The minimum absolute atomic E-state index is 0.0508. The number of aliphatic carboxylic acids is 1. The highest BCUT2D eigenvalue weighted by Crippen LogP contribution is 2.17. The van der Waals surface area contributed by atoms with Crippen molar-refractivity contribution in [3.8, 4) is 0 Å². The molecule has 0 aliphatic carbocycles. The number of ketones is 2. The van der Waals surface area contributed by atoms with Crippen LogP contribution in [0.5, 0.6) is 0 Å². The van der Waals surface area contributed by atoms with Crippen LogP contribution < -0.4 is 16.0 Å². The zero-order chi connectivity index (χ0) is 39.9. The minimum Gasteiger partial charge on any atom is -0.481 e. The number of carbonyl (C=O) groups is 6. The fourth-order valence-corrected chi connectivity index (χ4v) is 5.01. The van der Waals surface area contributed by atoms with Gasteiger partial charge in [-0.25, -0.2) is 0 Å². The van der Waals surface area contributed by atoms with E-state index in [1.54, 1.807) is 0 Å². The van der Waals surface area contributed by atoms with Crippen LogP contribution in [-0.2, 0) is 57.2 Å². The van der Waals surface area contributed by atoms with Crippen molar-refractivity contribution >= 4 is 35.3 Å². The Labute approximate surface area is 321 Å². The van der Waals surface area contributed by atoms with Crippen molar-refractivity contribution in [2.24, 2.45) is 5.92 Å². The van der Waals surface area contributed by atoms with Crippen molar-refractivity contribution in [2.45, 2.75) is 104 Å². The third-order valence-corrected chi connectivity index (χ3v) is 7.98. The SMILES string of the molecule is CCCCCCCCCCC(=O)CCC[C@H](CCC(=O)NCCOCCOCC(=O)NCCOCCOCC(=O)NCCOCCOCC(C)=O)C(=O)O. The Morgan fingerprint density at radius 1 is 0.481 bits per heavy atom. The summed E-state index contributed by atoms with van der Waals surface area (Å²) in [6.07, 6.45) is 11.6. The van der Waals surface area contributed by atoms with E-state index in [0.29, 0.717) is 52.0 Å². The van der Waals surface area contributed by atoms with Gasteiger partial charge in [-0.1, -0.05) is 51.9 Å². The Morgan fingerprint density at radius 2 is 0.907 bits per heavy atom. The molecule has 0 aromatic heterocycles. The van der Waals surface area contributed by atoms with Crippen LogP contribution in [0.4, 0.5) is 0 Å². The lowest BCUT2D eigenvalue weighted by molar-refractivity contribution is -0.142. The van der Waals surface area contributed by atoms with Crippen LogP contribution in [0.2, 0.25) is 0 Å². The molecule has 0 aliphatic heterocycles. The summed E-state index contributed by atoms with van der Waals surface area (Å²) in [4.78, 5) is 70.3. The van der Waals surface area contributed by atoms with E-state index in [9.17, 15) is 33.9 Å². The fraction of sp³-hybridized carbons (Fsp3) is 0.842. The molecule has 0 aromatic carbocycles. The molecule has 0 fully saturated rings. The molecular weight excluding hydrogens is 706 g/mol. The molecule has 16 heteroatoms. The van der Waals surface area contributed by atoms with Crippen molar-refractivity contribution in [2.75, 3.05) is 98.9 Å². The van der Waals surface area contributed by atoms with Gasteiger partial charge in [-0.15, -0.1) is 0 Å². The average Bonchev–Trinajstić information content (AvgIpc) is 3.13. The molecule has 0 unspecified atom stereocenters. The molecule has 0 aliphatic rings. The maximum Gasteiger partial charge on any atom is 0.306 e. The average molecular weight is 776 g/mol. The highest BCUT2D eigenvalue weighted by molar-refractivity contribution is 5.79. The molecule has 0 heterocycles. The predicted octanol–water partition coefficient (Wildman–Crippen LogP) is 2.77. The third kappa shape index (κ3) is 37.3. The van der Waals surface area contributed by atoms with E-state index in [1.165, 1.54) is 39.0 Å². The Morgan fingerprint density at radius 3 is 1.39 bits per heavy atom. The van der Waals surface area contributed by atoms with Gasteiger partial charge in [0, 0.05) is 38.9 Å². The second kappa shape index (κ2) is 38.3. The number of carboxylic acids is 1. The highest BCUT2D eigenvalue weighted by atomic mass is 16.5. The topological polar surface area (TPSA) is 214 Å². The summed E-state index contributed by atoms with van der Waals surface area (Å²) in [5, 5.41) is 17.5. The van der Waals surface area contributed by atoms with Gasteiger partial charge in [0.15, 0.2) is 5.78 Å². The van der Waals surface area contributed by atoms with Gasteiger partial charge in [0.1, 0.15) is 25.6 Å². The lowest BCUT2D eigenvalue weighted by Crippen LogP contribution is -2.32. The van der Waals surface area contributed by atoms with E-state index in [0.717, 1.165) is 19.3 Å². The maximum absolute atomic E-state index is 12.2. The first-order valence-corrected chi connectivity index (χ1v) is 19.7. The summed E-state index contributed by atoms with van der Waals surface area (Å²) >= 11 is 0. The molecule has 0 saturated carbocycles. The van der Waals surface area contributed by atoms with Crippen molar-refractivity contribution in [3.05, 3.63) is 0 Å². The number of hydrogen-bond donors (Lipinski definition) is 4. The first kappa shape index (κ1) is 51.0. The van der Waals surface area contributed by atoms with Gasteiger partial charge in [0.25, 0.3) is 0 Å². The minimum atomic E-state index is -0.948. The van der Waals surface area contributed by atoms with E-state index in [2.05, 4.69) is 22.9 Å². The fourth-order valence-electron chi connectivity index (χ4n) is 5.01. The molecule has 1 atom stereocenters. The molecule has 54 heavy (non-hydrogen) atoms. The van der Waals surface area contributed by atoms with Gasteiger partial charge >= 0.3 is 5.97 Å². The second-order valence-corrected chi connectivity index (χ2v) is 13.0. The summed E-state index contributed by atoms with van der Waals surface area (Å²) in [5.41, 5.74) is 0. The molecule has 0 spiro atoms. The van der Waals surface area contributed by atoms with E-state index < -0.39 is 11.9 Å². The molecule has 0 bridgehead atoms. The predicted molar refractivity (Wildman–Crippen MR) is 201 cm³/mol. The van der Waals surface area contributed by atoms with Crippen LogP contribution in [0.25, 0.3) is 0 Å². The first-order valence-electron chi connectivity index (χ1n) is 19.7. The number of nitrogens with one attached hydrogen (secondary N) is 3. The summed E-state index contributed by atoms with van der Waals surface area (Å²) in [5.74, 6) is -2.32. The molecule has 0 radical (unpaired) electrons. The van der Waals surface area contributed by atoms with Crippen LogP contribution in [0, 0.1) is 5.92 Å². The molecule has 16 nitrogen and oxygen atoms in total. The van der Waals surface area contributed by atoms with Crippen LogP contribution in [0.3, 0.4) is 0 Å². The zero-order valence-electron chi connectivity index (χ0n) is 32.9. The Kier molecular flexibility index (Phi) is 36.1. The molecule has 0 saturated heterocycles. The number of carbonyl (C=O) groups excluding carboxylic acids is 5. The number of hydrogen-bond acceptors (Lipinski definition) is 12. The standard InChI is InChI=1S/C38H69N3O13/c1-3-4-5-6-7-8-9-10-13-34(43)14-11-12-33(38(47)48)15-16-35(44)39-17-20-49-24-27-53-30-37(46)41-19-22-51-25-28-54-31-36(45)40-18-21-50-23-26-52-29-32(2)42/h33H,3-31H2,1-2H3,(H,39,44)(H,40,45)(H,41,46)(H,47,48)/t33-/m1/s1. The molecule has 0 rings (SSSR count). The maximum atomic E-state index is 12.2. The Balaban J connectivity index is 3.61. The van der Waals surface area contributed by atoms with Crippen molar-refractivity contribution in [1.82, 2.24) is 16.0 Å². The van der Waals surface area contributed by atoms with Crippen LogP contribution in [0.15, 0.2) is 0 Å². The lowest BCUT2D eigenvalue weighted by atomic mass is 9.95. The second-order valence-electron chi connectivity index (χ2n) is 13.0. The summed E-state index contributed by atoms with van der Waals surface area (Å²) in [7, 11) is 0. The molecular formula is C38H69N3O13.